The van der Waals surface area contributed by atoms with Crippen LogP contribution in [0.5, 0.6) is 5.75 Å². The van der Waals surface area contributed by atoms with Crippen molar-refractivity contribution >= 4 is 11.9 Å². The molecule has 1 aromatic carbocycles. The maximum Gasteiger partial charge on any atom is 0.291 e. The zero-order chi connectivity index (χ0) is 16.2. The van der Waals surface area contributed by atoms with Gasteiger partial charge in [-0.3, -0.25) is 10.1 Å². The second-order valence-corrected chi connectivity index (χ2v) is 4.56. The van der Waals surface area contributed by atoms with Crippen molar-refractivity contribution in [3.8, 4) is 5.75 Å². The number of unbranched alkanes of at least 4 members (excludes halogenated alkanes) is 1. The average Bonchev–Trinajstić information content (AvgIpc) is 2.55. The molecule has 22 heavy (non-hydrogen) atoms. The zero-order valence-electron chi connectivity index (χ0n) is 13.4. The number of amides is 1. The Bertz CT molecular complexity index is 472. The van der Waals surface area contributed by atoms with Crippen molar-refractivity contribution in [2.75, 3.05) is 34.0 Å². The summed E-state index contributed by atoms with van der Waals surface area (Å²) >= 11 is 0. The van der Waals surface area contributed by atoms with E-state index in [-0.39, 0.29) is 11.9 Å². The van der Waals surface area contributed by atoms with Gasteiger partial charge in [0.05, 0.1) is 13.7 Å². The number of nitrogens with zero attached hydrogens (tertiary/aromatic N) is 1. The molecule has 1 amide bonds. The Labute approximate surface area is 131 Å². The first-order valence-electron chi connectivity index (χ1n) is 7.32. The first kappa shape index (κ1) is 18.0. The first-order chi connectivity index (χ1) is 10.7. The molecular formula is C16H24N2O4. The maximum absolute atomic E-state index is 12.2. The molecule has 0 radical (unpaired) electrons. The zero-order valence-corrected chi connectivity index (χ0v) is 13.4. The fourth-order valence-corrected chi connectivity index (χ4v) is 1.59. The summed E-state index contributed by atoms with van der Waals surface area (Å²) in [4.78, 5) is 16.4. The average molecular weight is 308 g/mol. The summed E-state index contributed by atoms with van der Waals surface area (Å²) in [5, 5.41) is 2.68. The molecule has 1 rings (SSSR count). The van der Waals surface area contributed by atoms with Crippen molar-refractivity contribution in [2.45, 2.75) is 19.8 Å². The van der Waals surface area contributed by atoms with Gasteiger partial charge in [-0.25, -0.2) is 4.99 Å². The van der Waals surface area contributed by atoms with Crippen LogP contribution < -0.4 is 10.1 Å². The highest BCUT2D eigenvalue weighted by molar-refractivity contribution is 6.04. The topological polar surface area (TPSA) is 69.2 Å². The Kier molecular flexibility index (Phi) is 8.67. The van der Waals surface area contributed by atoms with E-state index in [1.54, 1.807) is 38.5 Å². The minimum Gasteiger partial charge on any atom is -0.497 e. The van der Waals surface area contributed by atoms with Crippen molar-refractivity contribution in [1.29, 1.82) is 0 Å². The number of nitrogens with one attached hydrogen (secondary N) is 1. The molecule has 0 saturated heterocycles. The number of aliphatic imine (C=N–C) groups is 1. The molecule has 6 nitrogen and oxygen atoms in total. The molecule has 0 bridgehead atoms. The number of benzene rings is 1. The summed E-state index contributed by atoms with van der Waals surface area (Å²) in [7, 11) is 3.17. The monoisotopic (exact) mass is 308 g/mol. The molecule has 122 valence electrons. The van der Waals surface area contributed by atoms with Gasteiger partial charge in [-0.2, -0.15) is 0 Å². The number of rotatable bonds is 8. The molecule has 0 aromatic heterocycles. The Morgan fingerprint density at radius 2 is 1.91 bits per heavy atom. The number of hydrogen-bond acceptors (Lipinski definition) is 5. The van der Waals surface area contributed by atoms with Crippen LogP contribution in [0.3, 0.4) is 0 Å². The third kappa shape index (κ3) is 6.58. The minimum atomic E-state index is -0.268. The first-order valence-corrected chi connectivity index (χ1v) is 7.32. The number of ether oxygens (including phenoxy) is 3. The summed E-state index contributed by atoms with van der Waals surface area (Å²) in [5.41, 5.74) is 0.513. The van der Waals surface area contributed by atoms with Gasteiger partial charge in [-0.05, 0) is 30.7 Å². The molecule has 0 atom stereocenters. The normalized spacial score (nSPS) is 11.1. The Morgan fingerprint density at radius 3 is 2.50 bits per heavy atom. The van der Waals surface area contributed by atoms with Gasteiger partial charge >= 0.3 is 0 Å². The standard InChI is InChI=1S/C16H24N2O4/c1-4-5-10-17-16(22-12-11-20-2)18-15(19)13-6-8-14(21-3)9-7-13/h6-9H,4-5,10-12H2,1-3H3,(H,17,18,19). The highest BCUT2D eigenvalue weighted by Gasteiger charge is 2.10. The lowest BCUT2D eigenvalue weighted by molar-refractivity contribution is 0.0954. The van der Waals surface area contributed by atoms with Crippen LogP contribution in [0.15, 0.2) is 29.3 Å². The number of methoxy groups -OCH3 is 2. The molecule has 0 aliphatic carbocycles. The Hall–Kier alpha value is -2.08. The van der Waals surface area contributed by atoms with Crippen LogP contribution in [0.2, 0.25) is 0 Å². The smallest absolute Gasteiger partial charge is 0.291 e. The minimum absolute atomic E-state index is 0.228. The molecule has 1 aromatic rings. The van der Waals surface area contributed by atoms with Crippen LogP contribution in [0, 0.1) is 0 Å². The van der Waals surface area contributed by atoms with E-state index in [0.29, 0.717) is 31.1 Å². The lowest BCUT2D eigenvalue weighted by Gasteiger charge is -2.11. The van der Waals surface area contributed by atoms with E-state index in [9.17, 15) is 4.79 Å². The van der Waals surface area contributed by atoms with Crippen LogP contribution in [0.25, 0.3) is 0 Å². The van der Waals surface area contributed by atoms with Gasteiger partial charge in [-0.15, -0.1) is 0 Å². The highest BCUT2D eigenvalue weighted by atomic mass is 16.5. The lowest BCUT2D eigenvalue weighted by Crippen LogP contribution is -2.33. The summed E-state index contributed by atoms with van der Waals surface area (Å²) < 4.78 is 15.4. The fraction of sp³-hybridized carbons (Fsp3) is 0.500. The Balaban J connectivity index is 2.64. The largest absolute Gasteiger partial charge is 0.497 e. The predicted molar refractivity (Wildman–Crippen MR) is 85.5 cm³/mol. The number of carbonyl (C=O) groups is 1. The molecule has 0 fully saturated rings. The van der Waals surface area contributed by atoms with Gasteiger partial charge in [-0.1, -0.05) is 13.3 Å². The second-order valence-electron chi connectivity index (χ2n) is 4.56. The summed E-state index contributed by atoms with van der Waals surface area (Å²) in [6, 6.07) is 7.06. The van der Waals surface area contributed by atoms with Gasteiger partial charge in [0.2, 0.25) is 0 Å². The fourth-order valence-electron chi connectivity index (χ4n) is 1.59. The van der Waals surface area contributed by atoms with Gasteiger partial charge in [0.25, 0.3) is 11.9 Å². The summed E-state index contributed by atoms with van der Waals surface area (Å²) in [5.74, 6) is 0.431. The van der Waals surface area contributed by atoms with Crippen molar-refractivity contribution in [3.63, 3.8) is 0 Å². The number of carbonyl (C=O) groups excluding carboxylic acids is 1. The van der Waals surface area contributed by atoms with Crippen LogP contribution in [-0.2, 0) is 9.47 Å². The van der Waals surface area contributed by atoms with Gasteiger partial charge in [0.15, 0.2) is 0 Å². The molecule has 0 unspecified atom stereocenters. The SMILES string of the molecule is CCCCN=C(NC(=O)c1ccc(OC)cc1)OCCOC. The van der Waals surface area contributed by atoms with Crippen LogP contribution in [-0.4, -0.2) is 45.9 Å². The number of amidine groups is 1. The molecular weight excluding hydrogens is 284 g/mol. The molecule has 0 spiro atoms. The van der Waals surface area contributed by atoms with E-state index in [2.05, 4.69) is 17.2 Å². The molecule has 1 N–H and O–H groups in total. The van der Waals surface area contributed by atoms with Crippen molar-refractivity contribution in [2.24, 2.45) is 4.99 Å². The van der Waals surface area contributed by atoms with E-state index >= 15 is 0 Å². The van der Waals surface area contributed by atoms with E-state index < -0.39 is 0 Å². The van der Waals surface area contributed by atoms with E-state index in [0.717, 1.165) is 12.8 Å². The lowest BCUT2D eigenvalue weighted by atomic mass is 10.2. The quantitative estimate of drug-likeness (QED) is 0.454. The molecule has 0 heterocycles. The van der Waals surface area contributed by atoms with Crippen molar-refractivity contribution < 1.29 is 19.0 Å². The third-order valence-corrected chi connectivity index (χ3v) is 2.87. The third-order valence-electron chi connectivity index (χ3n) is 2.87. The second kappa shape index (κ2) is 10.6. The summed E-state index contributed by atoms with van der Waals surface area (Å²) in [6.07, 6.45) is 1.97. The number of hydrogen-bond donors (Lipinski definition) is 1. The van der Waals surface area contributed by atoms with E-state index in [4.69, 9.17) is 14.2 Å². The van der Waals surface area contributed by atoms with Crippen molar-refractivity contribution in [3.05, 3.63) is 29.8 Å². The molecule has 6 heteroatoms. The molecule has 0 aliphatic heterocycles. The molecule has 0 saturated carbocycles. The van der Waals surface area contributed by atoms with Gasteiger partial charge in [0, 0.05) is 19.2 Å². The molecule has 0 aliphatic rings. The maximum atomic E-state index is 12.2. The van der Waals surface area contributed by atoms with Crippen LogP contribution >= 0.6 is 0 Å². The van der Waals surface area contributed by atoms with E-state index in [1.807, 2.05) is 0 Å². The van der Waals surface area contributed by atoms with Gasteiger partial charge in [0.1, 0.15) is 12.4 Å². The van der Waals surface area contributed by atoms with E-state index in [1.165, 1.54) is 0 Å². The Morgan fingerprint density at radius 1 is 1.18 bits per heavy atom. The highest BCUT2D eigenvalue weighted by Crippen LogP contribution is 2.11. The van der Waals surface area contributed by atoms with Crippen LogP contribution in [0.4, 0.5) is 0 Å². The predicted octanol–water partition coefficient (Wildman–Crippen LogP) is 2.24. The summed E-state index contributed by atoms with van der Waals surface area (Å²) in [6.45, 7) is 3.47. The van der Waals surface area contributed by atoms with Gasteiger partial charge < -0.3 is 14.2 Å². The van der Waals surface area contributed by atoms with Crippen molar-refractivity contribution in [1.82, 2.24) is 5.32 Å². The van der Waals surface area contributed by atoms with Crippen LogP contribution in [0.1, 0.15) is 30.1 Å².